The van der Waals surface area contributed by atoms with Crippen LogP contribution in [0.5, 0.6) is 0 Å². The molecule has 3 aromatic rings. The molecule has 33 heavy (non-hydrogen) atoms. The standard InChI is InChI=1S/C24H29BN2O5S/c1-15-8-9-18(22-16(2)26-30-17(22)3)14-21(15)33(28,29)27-20-12-10-19(11-13-20)25-31-23(4,5)24(6,7)32-25/h8-14,27H,1-7H3. The summed E-state index contributed by atoms with van der Waals surface area (Å²) >= 11 is 0. The quantitative estimate of drug-likeness (QED) is 0.560. The summed E-state index contributed by atoms with van der Waals surface area (Å²) in [6, 6.07) is 12.4. The normalized spacial score (nSPS) is 17.4. The van der Waals surface area contributed by atoms with Gasteiger partial charge in [-0.1, -0.05) is 29.4 Å². The van der Waals surface area contributed by atoms with Gasteiger partial charge in [-0.3, -0.25) is 4.72 Å². The van der Waals surface area contributed by atoms with Gasteiger partial charge in [0, 0.05) is 11.3 Å². The van der Waals surface area contributed by atoms with Crippen LogP contribution in [0, 0.1) is 20.8 Å². The first kappa shape index (κ1) is 23.5. The van der Waals surface area contributed by atoms with Crippen molar-refractivity contribution in [1.29, 1.82) is 0 Å². The Bertz CT molecular complexity index is 1260. The molecule has 0 aliphatic carbocycles. The van der Waals surface area contributed by atoms with E-state index in [0.717, 1.165) is 16.6 Å². The fourth-order valence-electron chi connectivity index (χ4n) is 3.84. The Morgan fingerprint density at radius 1 is 0.909 bits per heavy atom. The number of hydrogen-bond donors (Lipinski definition) is 1. The molecule has 1 aliphatic rings. The number of benzene rings is 2. The van der Waals surface area contributed by atoms with E-state index in [1.807, 2.05) is 59.7 Å². The van der Waals surface area contributed by atoms with E-state index in [1.54, 1.807) is 31.2 Å². The van der Waals surface area contributed by atoms with E-state index in [1.165, 1.54) is 0 Å². The molecule has 2 aromatic carbocycles. The first-order chi connectivity index (χ1) is 15.3. The minimum absolute atomic E-state index is 0.204. The molecule has 1 aromatic heterocycles. The Morgan fingerprint density at radius 3 is 2.06 bits per heavy atom. The maximum absolute atomic E-state index is 13.2. The number of nitrogens with zero attached hydrogens (tertiary/aromatic N) is 1. The van der Waals surface area contributed by atoms with Crippen molar-refractivity contribution in [3.05, 3.63) is 59.5 Å². The Labute approximate surface area is 195 Å². The lowest BCUT2D eigenvalue weighted by Gasteiger charge is -2.32. The molecule has 9 heteroatoms. The summed E-state index contributed by atoms with van der Waals surface area (Å²) in [6.07, 6.45) is 0. The Hall–Kier alpha value is -2.62. The largest absolute Gasteiger partial charge is 0.494 e. The van der Waals surface area contributed by atoms with Crippen molar-refractivity contribution >= 4 is 28.3 Å². The highest BCUT2D eigenvalue weighted by Crippen LogP contribution is 2.36. The van der Waals surface area contributed by atoms with Gasteiger partial charge in [0.15, 0.2) is 0 Å². The van der Waals surface area contributed by atoms with Crippen LogP contribution in [0.2, 0.25) is 0 Å². The fraction of sp³-hybridized carbons (Fsp3) is 0.375. The third-order valence-corrected chi connectivity index (χ3v) is 8.01. The van der Waals surface area contributed by atoms with Crippen molar-refractivity contribution in [3.8, 4) is 11.1 Å². The van der Waals surface area contributed by atoms with Gasteiger partial charge >= 0.3 is 7.12 Å². The first-order valence-electron chi connectivity index (χ1n) is 10.8. The highest BCUT2D eigenvalue weighted by atomic mass is 32.2. The lowest BCUT2D eigenvalue weighted by Crippen LogP contribution is -2.41. The summed E-state index contributed by atoms with van der Waals surface area (Å²) in [4.78, 5) is 0.204. The van der Waals surface area contributed by atoms with Crippen molar-refractivity contribution in [3.63, 3.8) is 0 Å². The molecule has 1 N–H and O–H groups in total. The summed E-state index contributed by atoms with van der Waals surface area (Å²) in [6.45, 7) is 13.4. The number of aryl methyl sites for hydroxylation is 3. The van der Waals surface area contributed by atoms with Gasteiger partial charge in [0.25, 0.3) is 10.0 Å². The monoisotopic (exact) mass is 468 g/mol. The van der Waals surface area contributed by atoms with Gasteiger partial charge < -0.3 is 13.8 Å². The molecule has 0 atom stereocenters. The number of sulfonamides is 1. The molecule has 0 radical (unpaired) electrons. The van der Waals surface area contributed by atoms with E-state index < -0.39 is 28.3 Å². The predicted molar refractivity (Wildman–Crippen MR) is 129 cm³/mol. The van der Waals surface area contributed by atoms with E-state index in [2.05, 4.69) is 9.88 Å². The molecular formula is C24H29BN2O5S. The Kier molecular flexibility index (Phi) is 5.71. The second-order valence-corrected chi connectivity index (χ2v) is 11.1. The van der Waals surface area contributed by atoms with Crippen LogP contribution in [0.4, 0.5) is 5.69 Å². The van der Waals surface area contributed by atoms with Crippen molar-refractivity contribution < 1.29 is 22.2 Å². The van der Waals surface area contributed by atoms with Crippen LogP contribution < -0.4 is 10.2 Å². The van der Waals surface area contributed by atoms with Crippen LogP contribution in [-0.2, 0) is 19.3 Å². The molecule has 0 bridgehead atoms. The van der Waals surface area contributed by atoms with Crippen molar-refractivity contribution in [2.45, 2.75) is 64.6 Å². The van der Waals surface area contributed by atoms with E-state index in [0.29, 0.717) is 22.7 Å². The van der Waals surface area contributed by atoms with E-state index in [-0.39, 0.29) is 4.90 Å². The zero-order valence-corrected chi connectivity index (χ0v) is 20.8. The molecule has 174 valence electrons. The SMILES string of the molecule is Cc1ccc(-c2c(C)noc2C)cc1S(=O)(=O)Nc1ccc(B2OC(C)(C)C(C)(C)O2)cc1. The average Bonchev–Trinajstić information content (AvgIpc) is 3.16. The molecule has 2 heterocycles. The van der Waals surface area contributed by atoms with Crippen LogP contribution >= 0.6 is 0 Å². The Balaban J connectivity index is 1.58. The third-order valence-electron chi connectivity index (χ3n) is 6.49. The molecule has 0 amide bonds. The number of anilines is 1. The van der Waals surface area contributed by atoms with Crippen LogP contribution in [0.3, 0.4) is 0 Å². The molecular weight excluding hydrogens is 439 g/mol. The van der Waals surface area contributed by atoms with Crippen LogP contribution in [-0.4, -0.2) is 31.9 Å². The van der Waals surface area contributed by atoms with Gasteiger partial charge in [-0.2, -0.15) is 0 Å². The van der Waals surface area contributed by atoms with Crippen LogP contribution in [0.25, 0.3) is 11.1 Å². The maximum Gasteiger partial charge on any atom is 0.494 e. The minimum Gasteiger partial charge on any atom is -0.399 e. The topological polar surface area (TPSA) is 90.7 Å². The van der Waals surface area contributed by atoms with E-state index >= 15 is 0 Å². The van der Waals surface area contributed by atoms with E-state index in [4.69, 9.17) is 13.8 Å². The summed E-state index contributed by atoms with van der Waals surface area (Å²) in [5.41, 5.74) is 3.30. The highest BCUT2D eigenvalue weighted by molar-refractivity contribution is 7.92. The number of aromatic nitrogens is 1. The van der Waals surface area contributed by atoms with Crippen LogP contribution in [0.1, 0.15) is 44.7 Å². The molecule has 0 saturated carbocycles. The number of hydrogen-bond acceptors (Lipinski definition) is 6. The summed E-state index contributed by atoms with van der Waals surface area (Å²) in [5, 5.41) is 3.97. The van der Waals surface area contributed by atoms with Gasteiger partial charge in [-0.15, -0.1) is 0 Å². The van der Waals surface area contributed by atoms with Gasteiger partial charge in [0.1, 0.15) is 5.76 Å². The summed E-state index contributed by atoms with van der Waals surface area (Å²) in [5.74, 6) is 0.644. The van der Waals surface area contributed by atoms with Gasteiger partial charge in [-0.05, 0) is 83.3 Å². The Morgan fingerprint density at radius 2 is 1.52 bits per heavy atom. The van der Waals surface area contributed by atoms with Gasteiger partial charge in [0.05, 0.1) is 21.8 Å². The average molecular weight is 468 g/mol. The molecule has 1 aliphatic heterocycles. The molecule has 0 spiro atoms. The summed E-state index contributed by atoms with van der Waals surface area (Å²) in [7, 11) is -4.32. The summed E-state index contributed by atoms with van der Waals surface area (Å²) < 4.78 is 46.5. The number of rotatable bonds is 5. The maximum atomic E-state index is 13.2. The molecule has 4 rings (SSSR count). The lowest BCUT2D eigenvalue weighted by atomic mass is 9.79. The fourth-order valence-corrected chi connectivity index (χ4v) is 5.17. The van der Waals surface area contributed by atoms with Crippen molar-refractivity contribution in [1.82, 2.24) is 5.16 Å². The first-order valence-corrected chi connectivity index (χ1v) is 12.3. The molecule has 1 saturated heterocycles. The molecule has 7 nitrogen and oxygen atoms in total. The number of nitrogens with one attached hydrogen (secondary N) is 1. The third kappa shape index (κ3) is 4.32. The second-order valence-electron chi connectivity index (χ2n) is 9.50. The zero-order valence-electron chi connectivity index (χ0n) is 20.0. The minimum atomic E-state index is -3.82. The zero-order chi connectivity index (χ0) is 24.2. The smallest absolute Gasteiger partial charge is 0.399 e. The highest BCUT2D eigenvalue weighted by Gasteiger charge is 2.51. The van der Waals surface area contributed by atoms with E-state index in [9.17, 15) is 8.42 Å². The predicted octanol–water partition coefficient (Wildman–Crippen LogP) is 4.37. The second kappa shape index (κ2) is 8.00. The van der Waals surface area contributed by atoms with Crippen molar-refractivity contribution in [2.75, 3.05) is 4.72 Å². The molecule has 1 fully saturated rings. The van der Waals surface area contributed by atoms with Gasteiger partial charge in [0.2, 0.25) is 0 Å². The van der Waals surface area contributed by atoms with Crippen molar-refractivity contribution in [2.24, 2.45) is 0 Å². The van der Waals surface area contributed by atoms with Crippen LogP contribution in [0.15, 0.2) is 51.9 Å². The lowest BCUT2D eigenvalue weighted by molar-refractivity contribution is 0.00578. The van der Waals surface area contributed by atoms with Gasteiger partial charge in [-0.25, -0.2) is 8.42 Å². The molecule has 0 unspecified atom stereocenters.